The van der Waals surface area contributed by atoms with E-state index < -0.39 is 11.7 Å². The summed E-state index contributed by atoms with van der Waals surface area (Å²) in [6.45, 7) is 0. The van der Waals surface area contributed by atoms with E-state index in [4.69, 9.17) is 0 Å². The molecule has 62 valence electrons. The summed E-state index contributed by atoms with van der Waals surface area (Å²) in [6, 6.07) is 0.929. The second kappa shape index (κ2) is 2.48. The number of nitrogens with one attached hydrogen (secondary N) is 1. The predicted molar refractivity (Wildman–Crippen MR) is 32.3 cm³/mol. The Morgan fingerprint density at radius 2 is 2.09 bits per heavy atom. The zero-order chi connectivity index (χ0) is 8.48. The predicted octanol–water partition coefficient (Wildman–Crippen LogP) is 2.04. The first-order chi connectivity index (χ1) is 5.05. The van der Waals surface area contributed by atoms with Crippen LogP contribution in [0.5, 0.6) is 5.88 Å². The van der Waals surface area contributed by atoms with Crippen LogP contribution in [-0.2, 0) is 6.18 Å². The van der Waals surface area contributed by atoms with Crippen molar-refractivity contribution in [3.05, 3.63) is 17.8 Å². The third-order valence-electron chi connectivity index (χ3n) is 1.22. The van der Waals surface area contributed by atoms with Crippen LogP contribution in [0.2, 0.25) is 0 Å². The van der Waals surface area contributed by atoms with Crippen molar-refractivity contribution in [2.24, 2.45) is 0 Å². The molecule has 0 aromatic carbocycles. The van der Waals surface area contributed by atoms with E-state index in [0.29, 0.717) is 0 Å². The Kier molecular flexibility index (Phi) is 1.80. The van der Waals surface area contributed by atoms with Gasteiger partial charge in [0, 0.05) is 6.20 Å². The Hall–Kier alpha value is -1.13. The number of H-pyrrole nitrogens is 1. The number of rotatable bonds is 1. The van der Waals surface area contributed by atoms with Crippen molar-refractivity contribution in [2.45, 2.75) is 6.18 Å². The van der Waals surface area contributed by atoms with Crippen molar-refractivity contribution in [1.82, 2.24) is 4.98 Å². The highest BCUT2D eigenvalue weighted by Gasteiger charge is 2.34. The van der Waals surface area contributed by atoms with Crippen molar-refractivity contribution in [2.75, 3.05) is 7.11 Å². The van der Waals surface area contributed by atoms with Gasteiger partial charge in [-0.05, 0) is 6.07 Å². The molecular weight excluding hydrogens is 159 g/mol. The maximum Gasteiger partial charge on any atom is 0.421 e. The Bertz CT molecular complexity index is 240. The monoisotopic (exact) mass is 165 g/mol. The molecule has 1 N–H and O–H groups in total. The lowest BCUT2D eigenvalue weighted by atomic mass is 10.3. The van der Waals surface area contributed by atoms with Crippen molar-refractivity contribution < 1.29 is 17.9 Å². The van der Waals surface area contributed by atoms with E-state index in [0.717, 1.165) is 6.07 Å². The van der Waals surface area contributed by atoms with E-state index in [2.05, 4.69) is 9.72 Å². The van der Waals surface area contributed by atoms with Gasteiger partial charge in [0.05, 0.1) is 7.11 Å². The SMILES string of the molecule is COc1[nH]ccc1C(F)(F)F. The van der Waals surface area contributed by atoms with Crippen molar-refractivity contribution >= 4 is 0 Å². The van der Waals surface area contributed by atoms with E-state index in [1.165, 1.54) is 13.3 Å². The molecule has 5 heteroatoms. The summed E-state index contributed by atoms with van der Waals surface area (Å²) in [5.41, 5.74) is -0.778. The Balaban J connectivity index is 3.02. The minimum Gasteiger partial charge on any atom is -0.482 e. The lowest BCUT2D eigenvalue weighted by Gasteiger charge is -2.05. The molecule has 2 nitrogen and oxygen atoms in total. The van der Waals surface area contributed by atoms with Gasteiger partial charge >= 0.3 is 6.18 Å². The van der Waals surface area contributed by atoms with E-state index in [-0.39, 0.29) is 5.88 Å². The third-order valence-corrected chi connectivity index (χ3v) is 1.22. The number of ether oxygens (including phenoxy) is 1. The number of hydrogen-bond acceptors (Lipinski definition) is 1. The molecule has 0 unspecified atom stereocenters. The molecule has 0 fully saturated rings. The third kappa shape index (κ3) is 1.47. The molecule has 0 saturated carbocycles. The molecule has 11 heavy (non-hydrogen) atoms. The van der Waals surface area contributed by atoms with Crippen molar-refractivity contribution in [3.63, 3.8) is 0 Å². The summed E-state index contributed by atoms with van der Waals surface area (Å²) in [7, 11) is 1.18. The molecule has 0 bridgehead atoms. The highest BCUT2D eigenvalue weighted by atomic mass is 19.4. The highest BCUT2D eigenvalue weighted by Crippen LogP contribution is 2.34. The van der Waals surface area contributed by atoms with Crippen molar-refractivity contribution in [1.29, 1.82) is 0 Å². The fourth-order valence-corrected chi connectivity index (χ4v) is 0.746. The first-order valence-electron chi connectivity index (χ1n) is 2.84. The lowest BCUT2D eigenvalue weighted by molar-refractivity contribution is -0.138. The number of alkyl halides is 3. The Labute approximate surface area is 61.0 Å². The summed E-state index contributed by atoms with van der Waals surface area (Å²) in [5, 5.41) is 0. The topological polar surface area (TPSA) is 25.0 Å². The molecule has 1 heterocycles. The van der Waals surface area contributed by atoms with Gasteiger partial charge < -0.3 is 9.72 Å². The summed E-state index contributed by atoms with van der Waals surface area (Å²) < 4.78 is 40.3. The average Bonchev–Trinajstić information content (AvgIpc) is 2.31. The molecule has 0 amide bonds. The first-order valence-corrected chi connectivity index (χ1v) is 2.84. The number of aromatic amines is 1. The zero-order valence-corrected chi connectivity index (χ0v) is 5.70. The van der Waals surface area contributed by atoms with Gasteiger partial charge in [-0.2, -0.15) is 13.2 Å². The maximum absolute atomic E-state index is 12.0. The van der Waals surface area contributed by atoms with Gasteiger partial charge in [-0.1, -0.05) is 0 Å². The Morgan fingerprint density at radius 1 is 1.45 bits per heavy atom. The Morgan fingerprint density at radius 3 is 2.45 bits per heavy atom. The van der Waals surface area contributed by atoms with Crippen molar-refractivity contribution in [3.8, 4) is 5.88 Å². The number of methoxy groups -OCH3 is 1. The summed E-state index contributed by atoms with van der Waals surface area (Å²) in [6.07, 6.45) is -3.16. The van der Waals surface area contributed by atoms with Crippen LogP contribution in [0.15, 0.2) is 12.3 Å². The molecule has 0 spiro atoms. The number of hydrogen-bond donors (Lipinski definition) is 1. The largest absolute Gasteiger partial charge is 0.482 e. The molecule has 0 radical (unpaired) electrons. The molecule has 0 aliphatic heterocycles. The molecule has 1 aromatic rings. The number of aromatic nitrogens is 1. The van der Waals surface area contributed by atoms with E-state index in [1.54, 1.807) is 0 Å². The average molecular weight is 165 g/mol. The minimum atomic E-state index is -4.34. The molecule has 1 aromatic heterocycles. The molecule has 0 aliphatic carbocycles. The standard InChI is InChI=1S/C6H6F3NO/c1-11-5-4(2-3-10-5)6(7,8)9/h2-3,10H,1H3. The molecule has 0 atom stereocenters. The van der Waals surface area contributed by atoms with E-state index >= 15 is 0 Å². The van der Waals surface area contributed by atoms with Crippen LogP contribution in [0.25, 0.3) is 0 Å². The van der Waals surface area contributed by atoms with Gasteiger partial charge in [0.2, 0.25) is 5.88 Å². The van der Waals surface area contributed by atoms with Crippen LogP contribution in [0, 0.1) is 0 Å². The summed E-state index contributed by atoms with van der Waals surface area (Å²) in [4.78, 5) is 2.32. The van der Waals surface area contributed by atoms with E-state index in [1.807, 2.05) is 0 Å². The van der Waals surface area contributed by atoms with Gasteiger partial charge in [-0.25, -0.2) is 0 Å². The van der Waals surface area contributed by atoms with Crippen LogP contribution in [0.1, 0.15) is 5.56 Å². The summed E-state index contributed by atoms with van der Waals surface area (Å²) >= 11 is 0. The zero-order valence-electron chi connectivity index (χ0n) is 5.70. The van der Waals surface area contributed by atoms with Gasteiger partial charge in [-0.15, -0.1) is 0 Å². The van der Waals surface area contributed by atoms with Crippen LogP contribution < -0.4 is 4.74 Å². The maximum atomic E-state index is 12.0. The van der Waals surface area contributed by atoms with Gasteiger partial charge in [-0.3, -0.25) is 0 Å². The second-order valence-electron chi connectivity index (χ2n) is 1.92. The quantitative estimate of drug-likeness (QED) is 0.676. The molecule has 0 saturated heterocycles. The van der Waals surface area contributed by atoms with Crippen LogP contribution >= 0.6 is 0 Å². The number of halogens is 3. The van der Waals surface area contributed by atoms with Crippen LogP contribution in [0.3, 0.4) is 0 Å². The smallest absolute Gasteiger partial charge is 0.421 e. The first kappa shape index (κ1) is 7.97. The highest BCUT2D eigenvalue weighted by molar-refractivity contribution is 5.28. The lowest BCUT2D eigenvalue weighted by Crippen LogP contribution is -2.05. The molecule has 0 aliphatic rings. The van der Waals surface area contributed by atoms with Gasteiger partial charge in [0.1, 0.15) is 5.56 Å². The molecule has 1 rings (SSSR count). The van der Waals surface area contributed by atoms with Gasteiger partial charge in [0.25, 0.3) is 0 Å². The van der Waals surface area contributed by atoms with Crippen LogP contribution in [-0.4, -0.2) is 12.1 Å². The fraction of sp³-hybridized carbons (Fsp3) is 0.333. The summed E-state index contributed by atoms with van der Waals surface area (Å²) in [5.74, 6) is -0.252. The van der Waals surface area contributed by atoms with Crippen LogP contribution in [0.4, 0.5) is 13.2 Å². The van der Waals surface area contributed by atoms with Gasteiger partial charge in [0.15, 0.2) is 0 Å². The second-order valence-corrected chi connectivity index (χ2v) is 1.92. The van der Waals surface area contributed by atoms with E-state index in [9.17, 15) is 13.2 Å². The normalized spacial score (nSPS) is 11.6. The fourth-order valence-electron chi connectivity index (χ4n) is 0.746. The molecular formula is C6H6F3NO. The minimum absolute atomic E-state index is 0.252.